The van der Waals surface area contributed by atoms with Crippen molar-refractivity contribution in [1.29, 1.82) is 0 Å². The average molecular weight is 259 g/mol. The van der Waals surface area contributed by atoms with Crippen LogP contribution in [0, 0.1) is 11.6 Å². The van der Waals surface area contributed by atoms with Crippen LogP contribution in [0.3, 0.4) is 0 Å². The molecule has 0 N–H and O–H groups in total. The molecule has 0 aromatic heterocycles. The summed E-state index contributed by atoms with van der Waals surface area (Å²) in [6.45, 7) is 6.83. The van der Waals surface area contributed by atoms with E-state index in [9.17, 15) is 4.79 Å². The van der Waals surface area contributed by atoms with E-state index in [1.165, 1.54) is 4.90 Å². The predicted molar refractivity (Wildman–Crippen MR) is 73.5 cm³/mol. The number of benzene rings is 1. The molecule has 1 amide bonds. The second kappa shape index (κ2) is 4.87. The Hall–Kier alpha value is -1.73. The summed E-state index contributed by atoms with van der Waals surface area (Å²) in [6, 6.07) is 12.8. The predicted octanol–water partition coefficient (Wildman–Crippen LogP) is 3.02. The van der Waals surface area contributed by atoms with Gasteiger partial charge in [0, 0.05) is 6.04 Å². The lowest BCUT2D eigenvalue weighted by molar-refractivity contribution is 0.167. The van der Waals surface area contributed by atoms with E-state index in [2.05, 4.69) is 31.2 Å². The number of cyclic esters (lactones) is 1. The molecule has 0 unspecified atom stereocenters. The van der Waals surface area contributed by atoms with Crippen molar-refractivity contribution in [3.8, 4) is 11.6 Å². The van der Waals surface area contributed by atoms with Crippen LogP contribution >= 0.6 is 0 Å². The van der Waals surface area contributed by atoms with Gasteiger partial charge in [-0.25, -0.2) is 9.69 Å². The molecule has 3 nitrogen and oxygen atoms in total. The molecule has 94 valence electrons. The number of nitrogens with zero attached hydrogens (tertiary/aromatic N) is 1. The van der Waals surface area contributed by atoms with Gasteiger partial charge in [-0.2, -0.15) is 0 Å². The summed E-state index contributed by atoms with van der Waals surface area (Å²) in [4.78, 5) is 13.2. The zero-order valence-corrected chi connectivity index (χ0v) is 11.9. The molecule has 1 aromatic rings. The minimum Gasteiger partial charge on any atom is -0.446 e. The summed E-state index contributed by atoms with van der Waals surface area (Å²) in [5, 5.41) is 0. The fourth-order valence-corrected chi connectivity index (χ4v) is 2.15. The van der Waals surface area contributed by atoms with Gasteiger partial charge >= 0.3 is 6.09 Å². The van der Waals surface area contributed by atoms with E-state index in [1.54, 1.807) is 0 Å². The first-order valence-corrected chi connectivity index (χ1v) is 9.51. The number of carbonyl (C=O) groups is 1. The number of hydrogen-bond donors (Lipinski definition) is 0. The van der Waals surface area contributed by atoms with Crippen LogP contribution < -0.4 is 0 Å². The van der Waals surface area contributed by atoms with Crippen LogP contribution in [0.2, 0.25) is 19.6 Å². The van der Waals surface area contributed by atoms with Crippen LogP contribution in [0.15, 0.2) is 30.3 Å². The molecule has 1 aromatic carbocycles. The molecular weight excluding hydrogens is 242 g/mol. The van der Waals surface area contributed by atoms with Gasteiger partial charge in [0.25, 0.3) is 0 Å². The molecule has 1 saturated heterocycles. The van der Waals surface area contributed by atoms with Crippen molar-refractivity contribution in [2.75, 3.05) is 6.61 Å². The molecule has 1 heterocycles. The molecule has 0 saturated carbocycles. The molecule has 1 aliphatic heterocycles. The van der Waals surface area contributed by atoms with Crippen molar-refractivity contribution in [3.63, 3.8) is 0 Å². The summed E-state index contributed by atoms with van der Waals surface area (Å²) < 4.78 is 5.10. The topological polar surface area (TPSA) is 29.5 Å². The Morgan fingerprint density at radius 3 is 2.56 bits per heavy atom. The zero-order valence-electron chi connectivity index (χ0n) is 10.9. The Morgan fingerprint density at radius 1 is 1.28 bits per heavy atom. The molecule has 0 radical (unpaired) electrons. The second-order valence-electron chi connectivity index (χ2n) is 5.36. The van der Waals surface area contributed by atoms with Gasteiger partial charge in [-0.15, -0.1) is 5.54 Å². The number of amides is 1. The van der Waals surface area contributed by atoms with E-state index in [0.717, 1.165) is 5.56 Å². The third-order valence-electron chi connectivity index (χ3n) is 2.61. The molecule has 0 spiro atoms. The first-order chi connectivity index (χ1) is 8.47. The number of carbonyl (C=O) groups excluding carboxylic acids is 1. The van der Waals surface area contributed by atoms with E-state index in [-0.39, 0.29) is 12.1 Å². The van der Waals surface area contributed by atoms with Crippen LogP contribution in [-0.2, 0) is 4.74 Å². The Labute approximate surface area is 109 Å². The van der Waals surface area contributed by atoms with Crippen LogP contribution in [0.5, 0.6) is 0 Å². The monoisotopic (exact) mass is 259 g/mol. The smallest absolute Gasteiger partial charge is 0.422 e. The minimum atomic E-state index is -1.50. The van der Waals surface area contributed by atoms with Gasteiger partial charge in [-0.05, 0) is 5.56 Å². The van der Waals surface area contributed by atoms with Gasteiger partial charge in [-0.1, -0.05) is 50.0 Å². The van der Waals surface area contributed by atoms with Crippen molar-refractivity contribution in [3.05, 3.63) is 35.9 Å². The van der Waals surface area contributed by atoms with E-state index < -0.39 is 8.07 Å². The Morgan fingerprint density at radius 2 is 1.94 bits per heavy atom. The molecule has 0 aliphatic carbocycles. The molecule has 0 bridgehead atoms. The molecule has 1 aliphatic rings. The fourth-order valence-electron chi connectivity index (χ4n) is 1.69. The maximum Gasteiger partial charge on any atom is 0.422 e. The standard InChI is InChI=1S/C14H17NO2Si/c1-18(2,3)10-9-15-13(11-17-14(15)16)12-7-5-4-6-8-12/h4-8,13H,11H2,1-3H3/t13-/m0/s1. The van der Waals surface area contributed by atoms with Crippen LogP contribution in [0.4, 0.5) is 4.79 Å². The highest BCUT2D eigenvalue weighted by molar-refractivity contribution is 6.83. The molecule has 1 fully saturated rings. The van der Waals surface area contributed by atoms with Crippen molar-refractivity contribution < 1.29 is 9.53 Å². The van der Waals surface area contributed by atoms with Gasteiger partial charge in [-0.3, -0.25) is 0 Å². The van der Waals surface area contributed by atoms with Crippen molar-refractivity contribution in [2.45, 2.75) is 25.7 Å². The highest BCUT2D eigenvalue weighted by Crippen LogP contribution is 2.26. The van der Waals surface area contributed by atoms with Gasteiger partial charge < -0.3 is 4.74 Å². The van der Waals surface area contributed by atoms with Crippen LogP contribution in [0.25, 0.3) is 0 Å². The largest absolute Gasteiger partial charge is 0.446 e. The molecule has 2 rings (SSSR count). The number of ether oxygens (including phenoxy) is 1. The number of hydrogen-bond acceptors (Lipinski definition) is 2. The maximum atomic E-state index is 11.7. The minimum absolute atomic E-state index is 0.0810. The molecular formula is C14H17NO2Si. The van der Waals surface area contributed by atoms with Gasteiger partial charge in [0.1, 0.15) is 20.7 Å². The summed E-state index contributed by atoms with van der Waals surface area (Å²) in [5.41, 5.74) is 4.27. The van der Waals surface area contributed by atoms with Crippen LogP contribution in [0.1, 0.15) is 11.6 Å². The van der Waals surface area contributed by atoms with E-state index in [4.69, 9.17) is 4.74 Å². The van der Waals surface area contributed by atoms with Crippen LogP contribution in [-0.4, -0.2) is 25.7 Å². The highest BCUT2D eigenvalue weighted by atomic mass is 28.3. The SMILES string of the molecule is C[Si](C)(C)C#CN1C(=O)OC[C@H]1c1ccccc1. The average Bonchev–Trinajstić information content (AvgIpc) is 2.68. The van der Waals surface area contributed by atoms with Gasteiger partial charge in [0.05, 0.1) is 0 Å². The fraction of sp³-hybridized carbons (Fsp3) is 0.357. The Bertz CT molecular complexity index is 496. The summed E-state index contributed by atoms with van der Waals surface area (Å²) in [7, 11) is -1.50. The molecule has 1 atom stereocenters. The molecule has 18 heavy (non-hydrogen) atoms. The first-order valence-electron chi connectivity index (χ1n) is 6.01. The number of rotatable bonds is 1. The summed E-state index contributed by atoms with van der Waals surface area (Å²) in [6.07, 6.45) is -0.338. The lowest BCUT2D eigenvalue weighted by atomic mass is 10.1. The van der Waals surface area contributed by atoms with Crippen molar-refractivity contribution in [2.24, 2.45) is 0 Å². The zero-order chi connectivity index (χ0) is 13.2. The van der Waals surface area contributed by atoms with E-state index in [1.807, 2.05) is 30.3 Å². The van der Waals surface area contributed by atoms with Gasteiger partial charge in [0.2, 0.25) is 0 Å². The van der Waals surface area contributed by atoms with Gasteiger partial charge in [0.15, 0.2) is 0 Å². The first kappa shape index (κ1) is 12.7. The van der Waals surface area contributed by atoms with Crippen molar-refractivity contribution >= 4 is 14.2 Å². The lowest BCUT2D eigenvalue weighted by Gasteiger charge is -2.15. The molecule has 4 heteroatoms. The van der Waals surface area contributed by atoms with E-state index >= 15 is 0 Å². The second-order valence-corrected chi connectivity index (χ2v) is 10.1. The third-order valence-corrected chi connectivity index (χ3v) is 3.47. The van der Waals surface area contributed by atoms with Crippen molar-refractivity contribution in [1.82, 2.24) is 4.90 Å². The summed E-state index contributed by atoms with van der Waals surface area (Å²) >= 11 is 0. The third kappa shape index (κ3) is 2.93. The summed E-state index contributed by atoms with van der Waals surface area (Å²) in [5.74, 6) is 0. The normalized spacial score (nSPS) is 19.2. The Kier molecular flexibility index (Phi) is 3.44. The Balaban J connectivity index is 2.26. The highest BCUT2D eigenvalue weighted by Gasteiger charge is 2.33. The lowest BCUT2D eigenvalue weighted by Crippen LogP contribution is -2.25. The van der Waals surface area contributed by atoms with E-state index in [0.29, 0.717) is 6.61 Å². The quantitative estimate of drug-likeness (QED) is 0.573. The maximum absolute atomic E-state index is 11.7.